The van der Waals surface area contributed by atoms with Crippen LogP contribution < -0.4 is 0 Å². The molecule has 0 aliphatic heterocycles. The van der Waals surface area contributed by atoms with Crippen molar-refractivity contribution in [2.24, 2.45) is 0 Å². The van der Waals surface area contributed by atoms with E-state index in [0.29, 0.717) is 6.42 Å². The number of thiazole rings is 1. The smallest absolute Gasteiger partial charge is 0.0967 e. The number of benzene rings is 1. The summed E-state index contributed by atoms with van der Waals surface area (Å²) in [6.07, 6.45) is 1.39. The Kier molecular flexibility index (Phi) is 2.76. The molecule has 1 N–H and O–H groups in total. The van der Waals surface area contributed by atoms with Gasteiger partial charge in [0.25, 0.3) is 0 Å². The van der Waals surface area contributed by atoms with E-state index < -0.39 is 5.60 Å². The Morgan fingerprint density at radius 2 is 2.13 bits per heavy atom. The molecule has 2 nitrogen and oxygen atoms in total. The van der Waals surface area contributed by atoms with Crippen LogP contribution in [0.25, 0.3) is 10.2 Å². The number of aromatic nitrogens is 1. The Balaban J connectivity index is 2.30. The van der Waals surface area contributed by atoms with Gasteiger partial charge in [0.1, 0.15) is 0 Å². The molecule has 0 saturated heterocycles. The maximum absolute atomic E-state index is 9.97. The van der Waals surface area contributed by atoms with Crippen molar-refractivity contribution >= 4 is 21.6 Å². The second-order valence-corrected chi connectivity index (χ2v) is 5.22. The van der Waals surface area contributed by atoms with Gasteiger partial charge in [0, 0.05) is 6.42 Å². The van der Waals surface area contributed by atoms with Gasteiger partial charge in [-0.25, -0.2) is 4.98 Å². The third-order valence-electron chi connectivity index (χ3n) is 2.63. The van der Waals surface area contributed by atoms with Gasteiger partial charge in [-0.3, -0.25) is 0 Å². The van der Waals surface area contributed by atoms with Crippen molar-refractivity contribution in [1.29, 1.82) is 0 Å². The van der Waals surface area contributed by atoms with Crippen LogP contribution in [0.3, 0.4) is 0 Å². The van der Waals surface area contributed by atoms with E-state index in [-0.39, 0.29) is 0 Å². The fourth-order valence-corrected chi connectivity index (χ4v) is 2.59. The molecule has 1 unspecified atom stereocenters. The molecule has 0 aliphatic rings. The van der Waals surface area contributed by atoms with Gasteiger partial charge < -0.3 is 5.11 Å². The van der Waals surface area contributed by atoms with Crippen molar-refractivity contribution in [1.82, 2.24) is 4.98 Å². The van der Waals surface area contributed by atoms with Crippen LogP contribution in [0.15, 0.2) is 24.3 Å². The number of rotatable bonds is 3. The summed E-state index contributed by atoms with van der Waals surface area (Å²) in [6.45, 7) is 3.85. The quantitative estimate of drug-likeness (QED) is 0.864. The molecule has 0 spiro atoms. The maximum atomic E-state index is 9.97. The first-order chi connectivity index (χ1) is 7.11. The molecule has 0 aliphatic carbocycles. The molecule has 15 heavy (non-hydrogen) atoms. The Bertz CT molecular complexity index is 428. The highest BCUT2D eigenvalue weighted by molar-refractivity contribution is 7.18. The third-order valence-corrected chi connectivity index (χ3v) is 3.67. The fraction of sp³-hybridized carbons (Fsp3) is 0.417. The standard InChI is InChI=1S/C12H15NOS/c1-3-12(2,14)8-11-13-9-6-4-5-7-10(9)15-11/h4-7,14H,3,8H2,1-2H3. The Morgan fingerprint density at radius 3 is 2.80 bits per heavy atom. The minimum Gasteiger partial charge on any atom is -0.390 e. The molecule has 3 heteroatoms. The lowest BCUT2D eigenvalue weighted by Crippen LogP contribution is -2.25. The fourth-order valence-electron chi connectivity index (χ4n) is 1.45. The van der Waals surface area contributed by atoms with Crippen LogP contribution in [0.4, 0.5) is 0 Å². The van der Waals surface area contributed by atoms with Crippen molar-refractivity contribution in [2.75, 3.05) is 0 Å². The number of para-hydroxylation sites is 1. The molecule has 1 aromatic carbocycles. The van der Waals surface area contributed by atoms with Gasteiger partial charge in [0.2, 0.25) is 0 Å². The number of hydrogen-bond acceptors (Lipinski definition) is 3. The van der Waals surface area contributed by atoms with E-state index in [2.05, 4.69) is 11.1 Å². The molecule has 0 amide bonds. The van der Waals surface area contributed by atoms with Crippen molar-refractivity contribution in [2.45, 2.75) is 32.3 Å². The molecule has 1 heterocycles. The van der Waals surface area contributed by atoms with Crippen LogP contribution in [-0.2, 0) is 6.42 Å². The predicted octanol–water partition coefficient (Wildman–Crippen LogP) is 3.00. The van der Waals surface area contributed by atoms with Gasteiger partial charge in [-0.15, -0.1) is 11.3 Å². The molecule has 80 valence electrons. The lowest BCUT2D eigenvalue weighted by molar-refractivity contribution is 0.0564. The Morgan fingerprint density at radius 1 is 1.40 bits per heavy atom. The molecule has 0 bridgehead atoms. The van der Waals surface area contributed by atoms with Crippen molar-refractivity contribution in [3.8, 4) is 0 Å². The summed E-state index contributed by atoms with van der Waals surface area (Å²) >= 11 is 1.67. The van der Waals surface area contributed by atoms with Gasteiger partial charge in [0.05, 0.1) is 20.8 Å². The van der Waals surface area contributed by atoms with Gasteiger partial charge in [0.15, 0.2) is 0 Å². The van der Waals surface area contributed by atoms with Gasteiger partial charge >= 0.3 is 0 Å². The average molecular weight is 221 g/mol. The first kappa shape index (κ1) is 10.6. The summed E-state index contributed by atoms with van der Waals surface area (Å²) in [5.41, 5.74) is 0.401. The highest BCUT2D eigenvalue weighted by Gasteiger charge is 2.20. The van der Waals surface area contributed by atoms with Crippen LogP contribution in [0.5, 0.6) is 0 Å². The van der Waals surface area contributed by atoms with Crippen LogP contribution in [-0.4, -0.2) is 15.7 Å². The zero-order chi connectivity index (χ0) is 10.9. The number of hydrogen-bond donors (Lipinski definition) is 1. The Labute approximate surface area is 93.6 Å². The SMILES string of the molecule is CCC(C)(O)Cc1nc2ccccc2s1. The number of aliphatic hydroxyl groups is 1. The normalized spacial score (nSPS) is 15.4. The zero-order valence-electron chi connectivity index (χ0n) is 9.03. The van der Waals surface area contributed by atoms with E-state index in [1.54, 1.807) is 11.3 Å². The summed E-state index contributed by atoms with van der Waals surface area (Å²) in [5, 5.41) is 11.0. The average Bonchev–Trinajstić information content (AvgIpc) is 2.58. The Hall–Kier alpha value is -0.930. The van der Waals surface area contributed by atoms with E-state index in [1.165, 1.54) is 4.70 Å². The molecule has 2 aromatic rings. The van der Waals surface area contributed by atoms with Crippen molar-refractivity contribution in [3.63, 3.8) is 0 Å². The van der Waals surface area contributed by atoms with E-state index >= 15 is 0 Å². The summed E-state index contributed by atoms with van der Waals surface area (Å²) in [4.78, 5) is 4.50. The highest BCUT2D eigenvalue weighted by Crippen LogP contribution is 2.25. The maximum Gasteiger partial charge on any atom is 0.0967 e. The van der Waals surface area contributed by atoms with Crippen LogP contribution >= 0.6 is 11.3 Å². The lowest BCUT2D eigenvalue weighted by atomic mass is 10.0. The van der Waals surface area contributed by atoms with Gasteiger partial charge in [-0.2, -0.15) is 0 Å². The molecular formula is C12H15NOS. The first-order valence-corrected chi connectivity index (χ1v) is 5.99. The van der Waals surface area contributed by atoms with E-state index in [4.69, 9.17) is 0 Å². The zero-order valence-corrected chi connectivity index (χ0v) is 9.84. The number of nitrogens with zero attached hydrogens (tertiary/aromatic N) is 1. The molecule has 2 rings (SSSR count). The molecular weight excluding hydrogens is 206 g/mol. The van der Waals surface area contributed by atoms with Crippen molar-refractivity contribution in [3.05, 3.63) is 29.3 Å². The molecule has 1 atom stereocenters. The van der Waals surface area contributed by atoms with E-state index in [1.807, 2.05) is 32.0 Å². The van der Waals surface area contributed by atoms with E-state index in [9.17, 15) is 5.11 Å². The largest absolute Gasteiger partial charge is 0.390 e. The summed E-state index contributed by atoms with van der Waals surface area (Å²) in [7, 11) is 0. The topological polar surface area (TPSA) is 33.1 Å². The van der Waals surface area contributed by atoms with Crippen LogP contribution in [0.1, 0.15) is 25.3 Å². The minimum atomic E-state index is -0.631. The van der Waals surface area contributed by atoms with Crippen LogP contribution in [0, 0.1) is 0 Å². The number of fused-ring (bicyclic) bond motifs is 1. The lowest BCUT2D eigenvalue weighted by Gasteiger charge is -2.19. The van der Waals surface area contributed by atoms with Crippen molar-refractivity contribution < 1.29 is 5.11 Å². The molecule has 1 aromatic heterocycles. The van der Waals surface area contributed by atoms with Crippen LogP contribution in [0.2, 0.25) is 0 Å². The second-order valence-electron chi connectivity index (χ2n) is 4.10. The predicted molar refractivity (Wildman–Crippen MR) is 64.2 cm³/mol. The summed E-state index contributed by atoms with van der Waals surface area (Å²) < 4.78 is 1.19. The summed E-state index contributed by atoms with van der Waals surface area (Å²) in [5.74, 6) is 0. The first-order valence-electron chi connectivity index (χ1n) is 5.17. The minimum absolute atomic E-state index is 0.631. The second kappa shape index (κ2) is 3.91. The third kappa shape index (κ3) is 2.36. The summed E-state index contributed by atoms with van der Waals surface area (Å²) in [6, 6.07) is 8.08. The molecule has 0 fully saturated rings. The molecule has 0 saturated carbocycles. The van der Waals surface area contributed by atoms with Gasteiger partial charge in [-0.05, 0) is 25.5 Å². The van der Waals surface area contributed by atoms with E-state index in [0.717, 1.165) is 16.9 Å². The monoisotopic (exact) mass is 221 g/mol. The van der Waals surface area contributed by atoms with Gasteiger partial charge in [-0.1, -0.05) is 19.1 Å². The molecule has 0 radical (unpaired) electrons. The highest BCUT2D eigenvalue weighted by atomic mass is 32.1.